The van der Waals surface area contributed by atoms with Gasteiger partial charge < -0.3 is 16.2 Å². The van der Waals surface area contributed by atoms with E-state index in [2.05, 4.69) is 16.2 Å². The summed E-state index contributed by atoms with van der Waals surface area (Å²) in [7, 11) is 0. The Morgan fingerprint density at radius 1 is 1.36 bits per heavy atom. The molecule has 0 aliphatic carbocycles. The Hall–Kier alpha value is -2.21. The van der Waals surface area contributed by atoms with Crippen molar-refractivity contribution in [3.05, 3.63) is 41.4 Å². The highest BCUT2D eigenvalue weighted by molar-refractivity contribution is 6.27. The van der Waals surface area contributed by atoms with Crippen molar-refractivity contribution >= 4 is 17.8 Å². The summed E-state index contributed by atoms with van der Waals surface area (Å²) >= 11 is 0. The molecule has 0 spiro atoms. The van der Waals surface area contributed by atoms with Crippen molar-refractivity contribution in [1.82, 2.24) is 10.7 Å². The van der Waals surface area contributed by atoms with E-state index in [-0.39, 0.29) is 5.82 Å². The lowest BCUT2D eigenvalue weighted by molar-refractivity contribution is -0.132. The molecule has 118 valence electrons. The number of rotatable bonds is 5. The number of nitrogens with one attached hydrogen (secondary N) is 3. The molecule has 0 bridgehead atoms. The number of hydrogen-bond donors (Lipinski definition) is 3. The molecule has 1 aromatic rings. The molecule has 1 unspecified atom stereocenters. The summed E-state index contributed by atoms with van der Waals surface area (Å²) in [6.07, 6.45) is 0.375. The van der Waals surface area contributed by atoms with Gasteiger partial charge in [-0.25, -0.2) is 4.39 Å². The molecule has 1 atom stereocenters. The van der Waals surface area contributed by atoms with Crippen LogP contribution in [0.3, 0.4) is 0 Å². The first-order chi connectivity index (χ1) is 10.3. The van der Waals surface area contributed by atoms with Crippen molar-refractivity contribution in [1.29, 1.82) is 0 Å². The summed E-state index contributed by atoms with van der Waals surface area (Å²) in [4.78, 5) is 22.8. The van der Waals surface area contributed by atoms with E-state index in [0.29, 0.717) is 18.5 Å². The Kier molecular flexibility index (Phi) is 4.61. The summed E-state index contributed by atoms with van der Waals surface area (Å²) in [5.74, 6) is -1.24. The summed E-state index contributed by atoms with van der Waals surface area (Å²) in [5, 5.41) is 3.24. The first-order valence-corrected chi connectivity index (χ1v) is 7.06. The second-order valence-electron chi connectivity index (χ2n) is 5.94. The van der Waals surface area contributed by atoms with Gasteiger partial charge in [0, 0.05) is 17.8 Å². The van der Waals surface area contributed by atoms with E-state index in [9.17, 15) is 14.0 Å². The number of carbonyl (C=O) groups excluding carboxylic acids is 2. The average Bonchev–Trinajstić information content (AvgIpc) is 2.81. The Labute approximate surface area is 128 Å². The predicted molar refractivity (Wildman–Crippen MR) is 82.5 cm³/mol. The number of hydrazine groups is 1. The van der Waals surface area contributed by atoms with Crippen LogP contribution in [0.2, 0.25) is 0 Å². The van der Waals surface area contributed by atoms with E-state index in [1.54, 1.807) is 12.1 Å². The molecule has 6 heteroatoms. The van der Waals surface area contributed by atoms with Gasteiger partial charge >= 0.3 is 0 Å². The first kappa shape index (κ1) is 16.2. The van der Waals surface area contributed by atoms with Crippen LogP contribution in [0, 0.1) is 11.7 Å². The largest absolute Gasteiger partial charge is 0.307 e. The zero-order valence-electron chi connectivity index (χ0n) is 12.9. The highest BCUT2D eigenvalue weighted by Gasteiger charge is 2.43. The third-order valence-electron chi connectivity index (χ3n) is 3.93. The van der Waals surface area contributed by atoms with Gasteiger partial charge in [-0.2, -0.15) is 0 Å². The number of hydrogen-bond acceptors (Lipinski definition) is 5. The SMILES string of the molecule is CC(NNc1ccc(F)cc1)=C1CNC(C)(C)C1C(=O)C=O. The van der Waals surface area contributed by atoms with Crippen molar-refractivity contribution in [2.24, 2.45) is 5.92 Å². The van der Waals surface area contributed by atoms with Crippen LogP contribution in [0.1, 0.15) is 20.8 Å². The monoisotopic (exact) mass is 305 g/mol. The minimum absolute atomic E-state index is 0.306. The van der Waals surface area contributed by atoms with Crippen LogP contribution in [-0.2, 0) is 9.59 Å². The van der Waals surface area contributed by atoms with E-state index >= 15 is 0 Å². The number of halogens is 1. The molecule has 1 aliphatic heterocycles. The summed E-state index contributed by atoms with van der Waals surface area (Å²) < 4.78 is 12.9. The van der Waals surface area contributed by atoms with Crippen molar-refractivity contribution in [3.63, 3.8) is 0 Å². The minimum atomic E-state index is -0.493. The molecule has 1 fully saturated rings. The van der Waals surface area contributed by atoms with Crippen LogP contribution < -0.4 is 16.2 Å². The van der Waals surface area contributed by atoms with Crippen LogP contribution in [0.15, 0.2) is 35.5 Å². The molecule has 0 saturated carbocycles. The highest BCUT2D eigenvalue weighted by Crippen LogP contribution is 2.32. The highest BCUT2D eigenvalue weighted by atomic mass is 19.1. The van der Waals surface area contributed by atoms with Crippen LogP contribution >= 0.6 is 0 Å². The van der Waals surface area contributed by atoms with E-state index in [0.717, 1.165) is 11.3 Å². The van der Waals surface area contributed by atoms with Crippen LogP contribution in [0.5, 0.6) is 0 Å². The number of carbonyl (C=O) groups is 2. The number of Topliss-reactive ketones (excluding diaryl/α,β-unsaturated/α-hetero) is 1. The average molecular weight is 305 g/mol. The Balaban J connectivity index is 2.15. The molecule has 1 aliphatic rings. The lowest BCUT2D eigenvalue weighted by Crippen LogP contribution is -2.42. The van der Waals surface area contributed by atoms with Gasteiger partial charge in [-0.05, 0) is 50.6 Å². The predicted octanol–water partition coefficient (Wildman–Crippen LogP) is 1.78. The topological polar surface area (TPSA) is 70.2 Å². The molecule has 1 aromatic carbocycles. The summed E-state index contributed by atoms with van der Waals surface area (Å²) in [6.45, 7) is 6.15. The Morgan fingerprint density at radius 2 is 2.00 bits per heavy atom. The number of allylic oxidation sites excluding steroid dienone is 1. The summed E-state index contributed by atoms with van der Waals surface area (Å²) in [6, 6.07) is 5.91. The van der Waals surface area contributed by atoms with Gasteiger partial charge in [0.15, 0.2) is 6.29 Å². The molecule has 3 N–H and O–H groups in total. The molecule has 0 amide bonds. The van der Waals surface area contributed by atoms with Crippen molar-refractivity contribution in [3.8, 4) is 0 Å². The zero-order valence-corrected chi connectivity index (χ0v) is 12.9. The van der Waals surface area contributed by atoms with Crippen molar-refractivity contribution in [2.75, 3.05) is 12.0 Å². The van der Waals surface area contributed by atoms with E-state index in [1.807, 2.05) is 20.8 Å². The Bertz CT molecular complexity index is 608. The normalized spacial score (nSPS) is 22.1. The number of benzene rings is 1. The standard InChI is InChI=1S/C16H20FN3O2/c1-10(19-20-12-6-4-11(17)5-7-12)13-8-18-16(2,3)15(13)14(22)9-21/h4-7,9,15,18-20H,8H2,1-3H3. The molecular formula is C16H20FN3O2. The molecule has 5 nitrogen and oxygen atoms in total. The third-order valence-corrected chi connectivity index (χ3v) is 3.93. The number of ketones is 1. The van der Waals surface area contributed by atoms with Gasteiger partial charge in [0.1, 0.15) is 5.82 Å². The molecule has 1 heterocycles. The fraction of sp³-hybridized carbons (Fsp3) is 0.375. The van der Waals surface area contributed by atoms with Crippen LogP contribution in [0.25, 0.3) is 0 Å². The fourth-order valence-corrected chi connectivity index (χ4v) is 2.69. The third kappa shape index (κ3) is 3.33. The summed E-state index contributed by atoms with van der Waals surface area (Å²) in [5.41, 5.74) is 7.80. The van der Waals surface area contributed by atoms with Crippen molar-refractivity contribution < 1.29 is 14.0 Å². The quantitative estimate of drug-likeness (QED) is 0.439. The van der Waals surface area contributed by atoms with Crippen LogP contribution in [0.4, 0.5) is 10.1 Å². The maximum Gasteiger partial charge on any atom is 0.204 e. The second-order valence-corrected chi connectivity index (χ2v) is 5.94. The smallest absolute Gasteiger partial charge is 0.204 e. The van der Waals surface area contributed by atoms with Gasteiger partial charge in [-0.3, -0.25) is 9.59 Å². The second kappa shape index (κ2) is 6.27. The number of aldehydes is 1. The maximum absolute atomic E-state index is 12.9. The van der Waals surface area contributed by atoms with Crippen LogP contribution in [-0.4, -0.2) is 24.2 Å². The lowest BCUT2D eigenvalue weighted by atomic mass is 9.82. The van der Waals surface area contributed by atoms with Crippen molar-refractivity contribution in [2.45, 2.75) is 26.3 Å². The Morgan fingerprint density at radius 3 is 2.59 bits per heavy atom. The minimum Gasteiger partial charge on any atom is -0.307 e. The molecule has 0 aromatic heterocycles. The molecule has 2 rings (SSSR count). The van der Waals surface area contributed by atoms with Gasteiger partial charge in [0.25, 0.3) is 0 Å². The molecule has 0 radical (unpaired) electrons. The van der Waals surface area contributed by atoms with E-state index in [4.69, 9.17) is 0 Å². The van der Waals surface area contributed by atoms with E-state index in [1.165, 1.54) is 12.1 Å². The van der Waals surface area contributed by atoms with E-state index < -0.39 is 17.2 Å². The number of anilines is 1. The molecule has 1 saturated heterocycles. The zero-order chi connectivity index (χ0) is 16.3. The van der Waals surface area contributed by atoms with Gasteiger partial charge in [0.05, 0.1) is 11.6 Å². The van der Waals surface area contributed by atoms with Gasteiger partial charge in [-0.1, -0.05) is 0 Å². The lowest BCUT2D eigenvalue weighted by Gasteiger charge is -2.25. The molecular weight excluding hydrogens is 285 g/mol. The molecule has 22 heavy (non-hydrogen) atoms. The van der Waals surface area contributed by atoms with Gasteiger partial charge in [0.2, 0.25) is 5.78 Å². The maximum atomic E-state index is 12.9. The van der Waals surface area contributed by atoms with Gasteiger partial charge in [-0.15, -0.1) is 0 Å². The fourth-order valence-electron chi connectivity index (χ4n) is 2.69. The first-order valence-electron chi connectivity index (χ1n) is 7.06.